The molecule has 2 atom stereocenters. The van der Waals surface area contributed by atoms with Crippen molar-refractivity contribution in [2.24, 2.45) is 5.92 Å². The largest absolute Gasteiger partial charge is 0.483 e. The van der Waals surface area contributed by atoms with Crippen LogP contribution in [0.3, 0.4) is 0 Å². The molecular weight excluding hydrogens is 462 g/mol. The molecule has 0 aliphatic rings. The standard InChI is InChI=1S/C27H33N3O6/c1-6-16(4)24(26(33)29-15(2)3)30-22(31)13-28-23(32)14-35-21-12-11-19-18-9-7-8-10-20(18)27(34)36-25(19)17(21)5/h7-12,15-16,24H,6,13-14H2,1-5H3,(H,28,32)(H,29,33)(H,30,31)/t16-,24+/m1/s1. The Labute approximate surface area is 209 Å². The Kier molecular flexibility index (Phi) is 8.68. The minimum Gasteiger partial charge on any atom is -0.483 e. The van der Waals surface area contributed by atoms with E-state index in [1.807, 2.05) is 39.8 Å². The number of carbonyl (C=O) groups is 3. The number of carbonyl (C=O) groups excluding carboxylic acids is 3. The number of hydrogen-bond donors (Lipinski definition) is 3. The van der Waals surface area contributed by atoms with Gasteiger partial charge in [-0.25, -0.2) is 4.79 Å². The van der Waals surface area contributed by atoms with E-state index in [0.717, 1.165) is 10.8 Å². The van der Waals surface area contributed by atoms with Gasteiger partial charge in [-0.3, -0.25) is 14.4 Å². The molecule has 0 aliphatic carbocycles. The molecule has 3 N–H and O–H groups in total. The van der Waals surface area contributed by atoms with E-state index in [2.05, 4.69) is 16.0 Å². The Balaban J connectivity index is 1.61. The van der Waals surface area contributed by atoms with Crippen molar-refractivity contribution >= 4 is 39.5 Å². The molecule has 36 heavy (non-hydrogen) atoms. The Hall–Kier alpha value is -3.88. The van der Waals surface area contributed by atoms with Crippen LogP contribution in [0.2, 0.25) is 0 Å². The summed E-state index contributed by atoms with van der Waals surface area (Å²) >= 11 is 0. The van der Waals surface area contributed by atoms with Gasteiger partial charge in [-0.15, -0.1) is 0 Å². The van der Waals surface area contributed by atoms with E-state index in [1.54, 1.807) is 31.2 Å². The molecule has 1 aromatic heterocycles. The van der Waals surface area contributed by atoms with E-state index in [-0.39, 0.29) is 31.0 Å². The first-order valence-electron chi connectivity index (χ1n) is 12.1. The summed E-state index contributed by atoms with van der Waals surface area (Å²) < 4.78 is 11.2. The van der Waals surface area contributed by atoms with Crippen LogP contribution >= 0.6 is 0 Å². The summed E-state index contributed by atoms with van der Waals surface area (Å²) in [5.41, 5.74) is 0.542. The molecule has 0 unspecified atom stereocenters. The number of ether oxygens (including phenoxy) is 1. The molecule has 9 heteroatoms. The molecule has 3 aromatic rings. The first kappa shape index (κ1) is 26.7. The van der Waals surface area contributed by atoms with Crippen molar-refractivity contribution in [2.75, 3.05) is 13.2 Å². The maximum Gasteiger partial charge on any atom is 0.344 e. The predicted octanol–water partition coefficient (Wildman–Crippen LogP) is 2.81. The predicted molar refractivity (Wildman–Crippen MR) is 138 cm³/mol. The van der Waals surface area contributed by atoms with Crippen molar-refractivity contribution < 1.29 is 23.5 Å². The van der Waals surface area contributed by atoms with E-state index in [9.17, 15) is 19.2 Å². The van der Waals surface area contributed by atoms with Crippen molar-refractivity contribution in [1.82, 2.24) is 16.0 Å². The Morgan fingerprint density at radius 3 is 2.31 bits per heavy atom. The first-order valence-corrected chi connectivity index (χ1v) is 12.1. The van der Waals surface area contributed by atoms with Gasteiger partial charge in [-0.05, 0) is 50.3 Å². The zero-order chi connectivity index (χ0) is 26.4. The van der Waals surface area contributed by atoms with Crippen LogP contribution in [0.1, 0.15) is 39.7 Å². The Bertz CT molecular complexity index is 1330. The van der Waals surface area contributed by atoms with Gasteiger partial charge < -0.3 is 25.1 Å². The van der Waals surface area contributed by atoms with Crippen molar-refractivity contribution in [3.8, 4) is 5.75 Å². The zero-order valence-electron chi connectivity index (χ0n) is 21.3. The third kappa shape index (κ3) is 6.21. The third-order valence-electron chi connectivity index (χ3n) is 6.04. The summed E-state index contributed by atoms with van der Waals surface area (Å²) in [5.74, 6) is -0.907. The number of aryl methyl sites for hydroxylation is 1. The molecule has 9 nitrogen and oxygen atoms in total. The second-order valence-corrected chi connectivity index (χ2v) is 9.16. The molecule has 0 saturated carbocycles. The summed E-state index contributed by atoms with van der Waals surface area (Å²) in [6, 6.07) is 9.95. The fourth-order valence-electron chi connectivity index (χ4n) is 3.89. The van der Waals surface area contributed by atoms with Crippen LogP contribution in [0.15, 0.2) is 45.6 Å². The Morgan fingerprint density at radius 2 is 1.64 bits per heavy atom. The van der Waals surface area contributed by atoms with Gasteiger partial charge in [0.05, 0.1) is 11.9 Å². The summed E-state index contributed by atoms with van der Waals surface area (Å²) in [6.45, 7) is 8.64. The van der Waals surface area contributed by atoms with Gasteiger partial charge in [-0.2, -0.15) is 0 Å². The molecule has 0 saturated heterocycles. The van der Waals surface area contributed by atoms with Gasteiger partial charge in [0.15, 0.2) is 6.61 Å². The highest BCUT2D eigenvalue weighted by molar-refractivity contribution is 6.05. The van der Waals surface area contributed by atoms with Crippen LogP contribution < -0.4 is 26.3 Å². The number of fused-ring (bicyclic) bond motifs is 3. The summed E-state index contributed by atoms with van der Waals surface area (Å²) in [4.78, 5) is 49.5. The van der Waals surface area contributed by atoms with Crippen molar-refractivity contribution in [3.63, 3.8) is 0 Å². The highest BCUT2D eigenvalue weighted by atomic mass is 16.5. The lowest BCUT2D eigenvalue weighted by Gasteiger charge is -2.24. The molecule has 0 spiro atoms. The molecular formula is C27H33N3O6. The summed E-state index contributed by atoms with van der Waals surface area (Å²) in [6.07, 6.45) is 0.706. The fraction of sp³-hybridized carbons (Fsp3) is 0.407. The third-order valence-corrected chi connectivity index (χ3v) is 6.04. The molecule has 2 aromatic carbocycles. The van der Waals surface area contributed by atoms with Gasteiger partial charge in [0.25, 0.3) is 5.91 Å². The van der Waals surface area contributed by atoms with Crippen molar-refractivity contribution in [2.45, 2.75) is 53.1 Å². The summed E-state index contributed by atoms with van der Waals surface area (Å²) in [5, 5.41) is 10.1. The number of hydrogen-bond acceptors (Lipinski definition) is 6. The average molecular weight is 496 g/mol. The quantitative estimate of drug-likeness (QED) is 0.293. The van der Waals surface area contributed by atoms with Crippen LogP contribution in [0.4, 0.5) is 0 Å². The number of nitrogens with one attached hydrogen (secondary N) is 3. The Morgan fingerprint density at radius 1 is 0.944 bits per heavy atom. The van der Waals surface area contributed by atoms with Gasteiger partial charge in [0.1, 0.15) is 17.4 Å². The van der Waals surface area contributed by atoms with Crippen molar-refractivity contribution in [3.05, 3.63) is 52.4 Å². The van der Waals surface area contributed by atoms with Gasteiger partial charge >= 0.3 is 5.63 Å². The second-order valence-electron chi connectivity index (χ2n) is 9.16. The van der Waals surface area contributed by atoms with E-state index < -0.39 is 23.5 Å². The van der Waals surface area contributed by atoms with Gasteiger partial charge in [-0.1, -0.05) is 38.5 Å². The van der Waals surface area contributed by atoms with E-state index in [4.69, 9.17) is 9.15 Å². The van der Waals surface area contributed by atoms with Gasteiger partial charge in [0, 0.05) is 17.0 Å². The molecule has 0 radical (unpaired) electrons. The lowest BCUT2D eigenvalue weighted by atomic mass is 9.98. The number of amides is 3. The normalized spacial score (nSPS) is 12.8. The van der Waals surface area contributed by atoms with Crippen LogP contribution in [0.5, 0.6) is 5.75 Å². The molecule has 0 fully saturated rings. The molecule has 0 bridgehead atoms. The summed E-state index contributed by atoms with van der Waals surface area (Å²) in [7, 11) is 0. The van der Waals surface area contributed by atoms with Gasteiger partial charge in [0.2, 0.25) is 11.8 Å². The molecule has 192 valence electrons. The highest BCUT2D eigenvalue weighted by Gasteiger charge is 2.26. The minimum atomic E-state index is -0.691. The molecule has 1 heterocycles. The maximum atomic E-state index is 12.4. The van der Waals surface area contributed by atoms with E-state index in [0.29, 0.717) is 28.7 Å². The van der Waals surface area contributed by atoms with E-state index in [1.165, 1.54) is 0 Å². The second kappa shape index (κ2) is 11.7. The zero-order valence-corrected chi connectivity index (χ0v) is 21.3. The lowest BCUT2D eigenvalue weighted by molar-refractivity contribution is -0.131. The topological polar surface area (TPSA) is 127 Å². The maximum absolute atomic E-state index is 12.4. The van der Waals surface area contributed by atoms with E-state index >= 15 is 0 Å². The van der Waals surface area contributed by atoms with Crippen LogP contribution in [0, 0.1) is 12.8 Å². The smallest absolute Gasteiger partial charge is 0.344 e. The highest BCUT2D eigenvalue weighted by Crippen LogP contribution is 2.30. The lowest BCUT2D eigenvalue weighted by Crippen LogP contribution is -2.53. The van der Waals surface area contributed by atoms with Crippen LogP contribution in [-0.4, -0.2) is 43.0 Å². The molecule has 3 amide bonds. The monoisotopic (exact) mass is 495 g/mol. The number of benzene rings is 2. The van der Waals surface area contributed by atoms with Crippen LogP contribution in [-0.2, 0) is 14.4 Å². The average Bonchev–Trinajstić information content (AvgIpc) is 2.85. The number of rotatable bonds is 10. The van der Waals surface area contributed by atoms with Crippen LogP contribution in [0.25, 0.3) is 21.7 Å². The SMILES string of the molecule is CC[C@@H](C)[C@H](NC(=O)CNC(=O)COc1ccc2c(oc(=O)c3ccccc32)c1C)C(=O)NC(C)C. The first-order chi connectivity index (χ1) is 17.1. The van der Waals surface area contributed by atoms with Crippen molar-refractivity contribution in [1.29, 1.82) is 0 Å². The molecule has 0 aliphatic heterocycles. The fourth-order valence-corrected chi connectivity index (χ4v) is 3.89. The minimum absolute atomic E-state index is 0.0527. The molecule has 3 rings (SSSR count).